The van der Waals surface area contributed by atoms with Crippen LogP contribution < -0.4 is 4.90 Å². The summed E-state index contributed by atoms with van der Waals surface area (Å²) in [4.78, 5) is 24.7. The zero-order chi connectivity index (χ0) is 22.1. The van der Waals surface area contributed by atoms with E-state index in [4.69, 9.17) is 4.98 Å². The topological polar surface area (TPSA) is 46.1 Å². The summed E-state index contributed by atoms with van der Waals surface area (Å²) >= 11 is 1.56. The number of carbonyl (C=O) groups excluding carboxylic acids is 1. The van der Waals surface area contributed by atoms with Crippen molar-refractivity contribution in [3.8, 4) is 0 Å². The molecular weight excluding hydrogens is 414 g/mol. The number of rotatable bonds is 5. The highest BCUT2D eigenvalue weighted by Crippen LogP contribution is 2.32. The van der Waals surface area contributed by atoms with Crippen LogP contribution in [0.3, 0.4) is 0 Å². The molecule has 5 rings (SSSR count). The molecule has 0 fully saturated rings. The molecule has 4 nitrogen and oxygen atoms in total. The van der Waals surface area contributed by atoms with Gasteiger partial charge in [-0.3, -0.25) is 14.7 Å². The molecule has 2 heterocycles. The number of pyridine rings is 1. The molecule has 0 spiro atoms. The summed E-state index contributed by atoms with van der Waals surface area (Å²) in [7, 11) is 0. The second kappa shape index (κ2) is 8.52. The van der Waals surface area contributed by atoms with Crippen molar-refractivity contribution in [2.45, 2.75) is 26.8 Å². The van der Waals surface area contributed by atoms with Crippen molar-refractivity contribution in [1.29, 1.82) is 0 Å². The van der Waals surface area contributed by atoms with E-state index in [9.17, 15) is 4.79 Å². The highest BCUT2D eigenvalue weighted by molar-refractivity contribution is 7.22. The Morgan fingerprint density at radius 3 is 2.56 bits per heavy atom. The van der Waals surface area contributed by atoms with Gasteiger partial charge in [-0.15, -0.1) is 0 Å². The summed E-state index contributed by atoms with van der Waals surface area (Å²) in [5.74, 6) is 0.0134. The van der Waals surface area contributed by atoms with Gasteiger partial charge in [0.1, 0.15) is 0 Å². The SMILES string of the molecule is Cc1cc2nc(N(Cc3ccccn3)C(=O)Cc3cccc4ccccc34)sc2cc1C. The fraction of sp³-hybridized carbons (Fsp3) is 0.148. The molecule has 158 valence electrons. The average molecular weight is 438 g/mol. The van der Waals surface area contributed by atoms with E-state index in [1.54, 1.807) is 22.4 Å². The molecule has 5 aromatic rings. The lowest BCUT2D eigenvalue weighted by atomic mass is 10.0. The van der Waals surface area contributed by atoms with E-state index in [0.717, 1.165) is 32.2 Å². The van der Waals surface area contributed by atoms with Crippen LogP contribution in [-0.4, -0.2) is 15.9 Å². The molecule has 0 bridgehead atoms. The first kappa shape index (κ1) is 20.3. The number of aromatic nitrogens is 2. The number of hydrogen-bond acceptors (Lipinski definition) is 4. The minimum atomic E-state index is 0.0134. The van der Waals surface area contributed by atoms with Gasteiger partial charge in [0.25, 0.3) is 0 Å². The fourth-order valence-electron chi connectivity index (χ4n) is 3.90. The van der Waals surface area contributed by atoms with Crippen molar-refractivity contribution in [2.75, 3.05) is 4.90 Å². The standard InChI is InChI=1S/C27H23N3OS/c1-18-14-24-25(15-19(18)2)32-27(29-24)30(17-22-11-5-6-13-28-22)26(31)16-21-10-7-9-20-8-3-4-12-23(20)21/h3-15H,16-17H2,1-2H3. The van der Waals surface area contributed by atoms with Gasteiger partial charge in [-0.1, -0.05) is 59.9 Å². The lowest BCUT2D eigenvalue weighted by Crippen LogP contribution is -2.32. The Hall–Kier alpha value is -3.57. The maximum Gasteiger partial charge on any atom is 0.233 e. The Morgan fingerprint density at radius 1 is 0.938 bits per heavy atom. The molecule has 0 N–H and O–H groups in total. The highest BCUT2D eigenvalue weighted by atomic mass is 32.1. The third-order valence-electron chi connectivity index (χ3n) is 5.79. The fourth-order valence-corrected chi connectivity index (χ4v) is 4.97. The predicted octanol–water partition coefficient (Wildman–Crippen LogP) is 6.24. The molecule has 0 aliphatic heterocycles. The minimum absolute atomic E-state index is 0.0134. The number of amides is 1. The van der Waals surface area contributed by atoms with Crippen LogP contribution in [0.15, 0.2) is 79.0 Å². The van der Waals surface area contributed by atoms with Gasteiger partial charge in [-0.05, 0) is 65.6 Å². The Labute approximate surface area is 191 Å². The first-order chi connectivity index (χ1) is 15.6. The Morgan fingerprint density at radius 2 is 1.72 bits per heavy atom. The largest absolute Gasteiger partial charge is 0.282 e. The van der Waals surface area contributed by atoms with Crippen LogP contribution in [0.1, 0.15) is 22.4 Å². The molecule has 0 saturated carbocycles. The summed E-state index contributed by atoms with van der Waals surface area (Å²) in [6.07, 6.45) is 2.07. The van der Waals surface area contributed by atoms with Gasteiger partial charge in [-0.2, -0.15) is 0 Å². The normalized spacial score (nSPS) is 11.2. The lowest BCUT2D eigenvalue weighted by molar-refractivity contribution is -0.118. The predicted molar refractivity (Wildman–Crippen MR) is 132 cm³/mol. The van der Waals surface area contributed by atoms with Gasteiger partial charge in [0, 0.05) is 6.20 Å². The lowest BCUT2D eigenvalue weighted by Gasteiger charge is -2.20. The number of carbonyl (C=O) groups is 1. The number of hydrogen-bond donors (Lipinski definition) is 0. The number of aryl methyl sites for hydroxylation is 2. The first-order valence-electron chi connectivity index (χ1n) is 10.6. The molecular formula is C27H23N3OS. The average Bonchev–Trinajstić information content (AvgIpc) is 3.21. The zero-order valence-electron chi connectivity index (χ0n) is 18.1. The molecule has 32 heavy (non-hydrogen) atoms. The van der Waals surface area contributed by atoms with Crippen molar-refractivity contribution in [1.82, 2.24) is 9.97 Å². The smallest absolute Gasteiger partial charge is 0.233 e. The number of fused-ring (bicyclic) bond motifs is 2. The van der Waals surface area contributed by atoms with Crippen molar-refractivity contribution < 1.29 is 4.79 Å². The first-order valence-corrected chi connectivity index (χ1v) is 11.4. The van der Waals surface area contributed by atoms with Crippen LogP contribution in [0.4, 0.5) is 5.13 Å². The van der Waals surface area contributed by atoms with Crippen LogP contribution in [0.25, 0.3) is 21.0 Å². The van der Waals surface area contributed by atoms with E-state index in [1.807, 2.05) is 42.5 Å². The molecule has 0 unspecified atom stereocenters. The van der Waals surface area contributed by atoms with Gasteiger partial charge >= 0.3 is 0 Å². The molecule has 0 radical (unpaired) electrons. The molecule has 0 aliphatic carbocycles. The second-order valence-electron chi connectivity index (χ2n) is 8.02. The summed E-state index contributed by atoms with van der Waals surface area (Å²) in [6.45, 7) is 4.58. The zero-order valence-corrected chi connectivity index (χ0v) is 18.9. The Bertz CT molecular complexity index is 1380. The number of anilines is 1. The van der Waals surface area contributed by atoms with Crippen LogP contribution >= 0.6 is 11.3 Å². The second-order valence-corrected chi connectivity index (χ2v) is 9.03. The quantitative estimate of drug-likeness (QED) is 0.327. The molecule has 0 saturated heterocycles. The molecule has 2 aromatic heterocycles. The molecule has 3 aromatic carbocycles. The van der Waals surface area contributed by atoms with Crippen molar-refractivity contribution in [3.63, 3.8) is 0 Å². The van der Waals surface area contributed by atoms with E-state index >= 15 is 0 Å². The van der Waals surface area contributed by atoms with E-state index in [-0.39, 0.29) is 5.91 Å². The molecule has 1 amide bonds. The maximum atomic E-state index is 13.6. The summed E-state index contributed by atoms with van der Waals surface area (Å²) in [5, 5.41) is 2.96. The van der Waals surface area contributed by atoms with Crippen molar-refractivity contribution >= 4 is 43.4 Å². The maximum absolute atomic E-state index is 13.6. The summed E-state index contributed by atoms with van der Waals surface area (Å²) < 4.78 is 1.09. The Kier molecular flexibility index (Phi) is 5.41. The van der Waals surface area contributed by atoms with Gasteiger partial charge in [0.2, 0.25) is 5.91 Å². The number of benzene rings is 3. The van der Waals surface area contributed by atoms with Gasteiger partial charge < -0.3 is 0 Å². The van der Waals surface area contributed by atoms with E-state index < -0.39 is 0 Å². The number of thiazole rings is 1. The van der Waals surface area contributed by atoms with Gasteiger partial charge in [-0.25, -0.2) is 4.98 Å². The van der Waals surface area contributed by atoms with Crippen molar-refractivity contribution in [3.05, 3.63) is 101 Å². The van der Waals surface area contributed by atoms with Crippen LogP contribution in [0, 0.1) is 13.8 Å². The van der Waals surface area contributed by atoms with Crippen LogP contribution in [-0.2, 0) is 17.8 Å². The summed E-state index contributed by atoms with van der Waals surface area (Å²) in [5.41, 5.74) is 5.22. The molecule has 0 atom stereocenters. The number of nitrogens with zero attached hydrogens (tertiary/aromatic N) is 3. The molecule has 0 aliphatic rings. The van der Waals surface area contributed by atoms with Crippen LogP contribution in [0.5, 0.6) is 0 Å². The Balaban J connectivity index is 1.54. The van der Waals surface area contributed by atoms with E-state index in [1.165, 1.54) is 11.1 Å². The van der Waals surface area contributed by atoms with Gasteiger partial charge in [0.15, 0.2) is 5.13 Å². The third kappa shape index (κ3) is 3.99. The minimum Gasteiger partial charge on any atom is -0.282 e. The van der Waals surface area contributed by atoms with Crippen molar-refractivity contribution in [2.24, 2.45) is 0 Å². The monoisotopic (exact) mass is 437 g/mol. The van der Waals surface area contributed by atoms with E-state index in [0.29, 0.717) is 18.1 Å². The molecule has 5 heteroatoms. The summed E-state index contributed by atoms with van der Waals surface area (Å²) in [6, 6.07) is 24.3. The van der Waals surface area contributed by atoms with Crippen LogP contribution in [0.2, 0.25) is 0 Å². The van der Waals surface area contributed by atoms with E-state index in [2.05, 4.69) is 49.2 Å². The van der Waals surface area contributed by atoms with Gasteiger partial charge in [0.05, 0.1) is 28.9 Å². The third-order valence-corrected chi connectivity index (χ3v) is 6.83. The highest BCUT2D eigenvalue weighted by Gasteiger charge is 2.22.